The van der Waals surface area contributed by atoms with Crippen LogP contribution in [0.5, 0.6) is 5.75 Å². The summed E-state index contributed by atoms with van der Waals surface area (Å²) in [6, 6.07) is 6.99. The third kappa shape index (κ3) is 2.64. The van der Waals surface area contributed by atoms with Crippen molar-refractivity contribution in [1.82, 2.24) is 0 Å². The van der Waals surface area contributed by atoms with Crippen LogP contribution >= 0.6 is 0 Å². The minimum atomic E-state index is -1.21. The zero-order chi connectivity index (χ0) is 13.0. The molecule has 4 nitrogen and oxygen atoms in total. The molecule has 0 saturated heterocycles. The van der Waals surface area contributed by atoms with Crippen molar-refractivity contribution in [3.63, 3.8) is 0 Å². The number of benzene rings is 1. The van der Waals surface area contributed by atoms with Crippen LogP contribution in [0, 0.1) is 18.3 Å². The topological polar surface area (TPSA) is 70.3 Å². The maximum Gasteiger partial charge on any atom is 0.346 e. The highest BCUT2D eigenvalue weighted by Crippen LogP contribution is 2.24. The summed E-state index contributed by atoms with van der Waals surface area (Å²) >= 11 is 0. The van der Waals surface area contributed by atoms with Crippen LogP contribution < -0.4 is 4.74 Å². The van der Waals surface area contributed by atoms with Gasteiger partial charge in [-0.05, 0) is 42.7 Å². The van der Waals surface area contributed by atoms with E-state index in [-0.39, 0.29) is 5.57 Å². The van der Waals surface area contributed by atoms with Gasteiger partial charge in [0.15, 0.2) is 0 Å². The van der Waals surface area contributed by atoms with Gasteiger partial charge in [-0.25, -0.2) is 4.79 Å². The largest absolute Gasteiger partial charge is 0.496 e. The molecule has 0 saturated carbocycles. The molecule has 1 N–H and O–H groups in total. The van der Waals surface area contributed by atoms with E-state index in [4.69, 9.17) is 15.1 Å². The lowest BCUT2D eigenvalue weighted by molar-refractivity contribution is -0.132. The summed E-state index contributed by atoms with van der Waals surface area (Å²) in [6.45, 7) is 3.48. The van der Waals surface area contributed by atoms with Gasteiger partial charge in [0.25, 0.3) is 0 Å². The maximum atomic E-state index is 10.8. The number of hydrogen-bond acceptors (Lipinski definition) is 3. The average molecular weight is 231 g/mol. The van der Waals surface area contributed by atoms with Crippen LogP contribution in [0.15, 0.2) is 23.8 Å². The van der Waals surface area contributed by atoms with E-state index in [1.54, 1.807) is 38.3 Å². The first-order valence-corrected chi connectivity index (χ1v) is 5.00. The van der Waals surface area contributed by atoms with E-state index in [9.17, 15) is 4.79 Å². The van der Waals surface area contributed by atoms with E-state index in [0.29, 0.717) is 11.1 Å². The molecule has 0 heterocycles. The van der Waals surface area contributed by atoms with E-state index < -0.39 is 5.97 Å². The predicted octanol–water partition coefficient (Wildman–Crippen LogP) is 2.39. The SMILES string of the molecule is COc1ccc(C(C)=C(C#N)C(=O)O)cc1C. The number of ether oxygens (including phenoxy) is 1. The fourth-order valence-corrected chi connectivity index (χ4v) is 1.55. The molecular weight excluding hydrogens is 218 g/mol. The average Bonchev–Trinajstić information content (AvgIpc) is 2.29. The molecule has 1 aromatic rings. The highest BCUT2D eigenvalue weighted by molar-refractivity contribution is 6.00. The predicted molar refractivity (Wildman–Crippen MR) is 63.6 cm³/mol. The normalized spacial score (nSPS) is 11.4. The Morgan fingerprint density at radius 1 is 1.47 bits per heavy atom. The van der Waals surface area contributed by atoms with Crippen LogP contribution in [0.1, 0.15) is 18.1 Å². The number of carboxylic acids is 1. The number of nitrogens with zero attached hydrogens (tertiary/aromatic N) is 1. The molecule has 0 unspecified atom stereocenters. The Morgan fingerprint density at radius 3 is 2.53 bits per heavy atom. The second kappa shape index (κ2) is 5.17. The van der Waals surface area contributed by atoms with Crippen molar-refractivity contribution in [3.8, 4) is 11.8 Å². The van der Waals surface area contributed by atoms with Gasteiger partial charge in [0.05, 0.1) is 7.11 Å². The molecule has 0 fully saturated rings. The number of carbonyl (C=O) groups is 1. The van der Waals surface area contributed by atoms with Crippen molar-refractivity contribution in [3.05, 3.63) is 34.9 Å². The first kappa shape index (κ1) is 12.8. The van der Waals surface area contributed by atoms with E-state index in [0.717, 1.165) is 11.3 Å². The lowest BCUT2D eigenvalue weighted by Gasteiger charge is -2.08. The standard InChI is InChI=1S/C13H13NO3/c1-8-6-10(4-5-12(8)17-3)9(2)11(7-14)13(15)16/h4-6H,1-3H3,(H,15,16). The summed E-state index contributed by atoms with van der Waals surface area (Å²) < 4.78 is 5.12. The van der Waals surface area contributed by atoms with Gasteiger partial charge in [-0.15, -0.1) is 0 Å². The Kier molecular flexibility index (Phi) is 3.89. The van der Waals surface area contributed by atoms with Crippen LogP contribution in [0.3, 0.4) is 0 Å². The number of nitriles is 1. The summed E-state index contributed by atoms with van der Waals surface area (Å²) in [4.78, 5) is 10.8. The number of aryl methyl sites for hydroxylation is 1. The molecule has 0 bridgehead atoms. The number of rotatable bonds is 3. The summed E-state index contributed by atoms with van der Waals surface area (Å²) in [5.41, 5.74) is 1.81. The molecule has 0 aliphatic heterocycles. The highest BCUT2D eigenvalue weighted by atomic mass is 16.5. The maximum absolute atomic E-state index is 10.8. The highest BCUT2D eigenvalue weighted by Gasteiger charge is 2.12. The Labute approximate surface area is 99.8 Å². The van der Waals surface area contributed by atoms with Gasteiger partial charge >= 0.3 is 5.97 Å². The number of allylic oxidation sites excluding steroid dienone is 1. The lowest BCUT2D eigenvalue weighted by Crippen LogP contribution is -2.01. The number of methoxy groups -OCH3 is 1. The van der Waals surface area contributed by atoms with Gasteiger partial charge in [0.1, 0.15) is 17.4 Å². The molecule has 17 heavy (non-hydrogen) atoms. The minimum absolute atomic E-state index is 0.241. The molecule has 0 amide bonds. The smallest absolute Gasteiger partial charge is 0.346 e. The lowest BCUT2D eigenvalue weighted by atomic mass is 10.00. The minimum Gasteiger partial charge on any atom is -0.496 e. The Hall–Kier alpha value is -2.28. The van der Waals surface area contributed by atoms with Crippen molar-refractivity contribution in [2.24, 2.45) is 0 Å². The first-order valence-electron chi connectivity index (χ1n) is 5.00. The molecule has 0 spiro atoms. The summed E-state index contributed by atoms with van der Waals surface area (Å²) in [5, 5.41) is 17.7. The molecule has 4 heteroatoms. The van der Waals surface area contributed by atoms with Crippen molar-refractivity contribution in [2.75, 3.05) is 7.11 Å². The van der Waals surface area contributed by atoms with Crippen molar-refractivity contribution < 1.29 is 14.6 Å². The second-order valence-electron chi connectivity index (χ2n) is 3.60. The third-order valence-electron chi connectivity index (χ3n) is 2.53. The van der Waals surface area contributed by atoms with Crippen LogP contribution in [0.2, 0.25) is 0 Å². The Bertz CT molecular complexity index is 524. The van der Waals surface area contributed by atoms with Gasteiger partial charge in [0, 0.05) is 0 Å². The molecule has 0 aliphatic rings. The van der Waals surface area contributed by atoms with Crippen molar-refractivity contribution >= 4 is 11.5 Å². The van der Waals surface area contributed by atoms with Crippen molar-refractivity contribution in [2.45, 2.75) is 13.8 Å². The third-order valence-corrected chi connectivity index (χ3v) is 2.53. The molecule has 1 aromatic carbocycles. The quantitative estimate of drug-likeness (QED) is 0.640. The zero-order valence-electron chi connectivity index (χ0n) is 9.94. The van der Waals surface area contributed by atoms with Gasteiger partial charge in [-0.1, -0.05) is 6.07 Å². The fourth-order valence-electron chi connectivity index (χ4n) is 1.55. The van der Waals surface area contributed by atoms with Gasteiger partial charge in [0.2, 0.25) is 0 Å². The molecule has 0 aromatic heterocycles. The summed E-state index contributed by atoms with van der Waals surface area (Å²) in [7, 11) is 1.57. The number of carboxylic acid groups (broad SMARTS) is 1. The summed E-state index contributed by atoms with van der Waals surface area (Å²) in [5.74, 6) is -0.478. The first-order chi connectivity index (χ1) is 8.01. The van der Waals surface area contributed by atoms with Gasteiger partial charge in [-0.2, -0.15) is 5.26 Å². The Balaban J connectivity index is 3.31. The molecule has 0 aliphatic carbocycles. The van der Waals surface area contributed by atoms with E-state index >= 15 is 0 Å². The van der Waals surface area contributed by atoms with Crippen LogP contribution in [-0.4, -0.2) is 18.2 Å². The zero-order valence-corrected chi connectivity index (χ0v) is 9.94. The van der Waals surface area contributed by atoms with Crippen LogP contribution in [0.4, 0.5) is 0 Å². The second-order valence-corrected chi connectivity index (χ2v) is 3.60. The molecule has 88 valence electrons. The van der Waals surface area contributed by atoms with E-state index in [1.807, 2.05) is 6.92 Å². The van der Waals surface area contributed by atoms with Gasteiger partial charge in [-0.3, -0.25) is 0 Å². The molecule has 0 atom stereocenters. The van der Waals surface area contributed by atoms with Crippen molar-refractivity contribution in [1.29, 1.82) is 5.26 Å². The van der Waals surface area contributed by atoms with Gasteiger partial charge < -0.3 is 9.84 Å². The van der Waals surface area contributed by atoms with Crippen LogP contribution in [0.25, 0.3) is 5.57 Å². The monoisotopic (exact) mass is 231 g/mol. The van der Waals surface area contributed by atoms with E-state index in [2.05, 4.69) is 0 Å². The van der Waals surface area contributed by atoms with E-state index in [1.165, 1.54) is 0 Å². The Morgan fingerprint density at radius 2 is 2.12 bits per heavy atom. The fraction of sp³-hybridized carbons (Fsp3) is 0.231. The molecular formula is C13H13NO3. The molecule has 0 radical (unpaired) electrons. The molecule has 1 rings (SSSR count). The number of aliphatic carboxylic acids is 1. The van der Waals surface area contributed by atoms with Crippen LogP contribution in [-0.2, 0) is 4.79 Å². The summed E-state index contributed by atoms with van der Waals surface area (Å²) in [6.07, 6.45) is 0. The number of hydrogen-bond donors (Lipinski definition) is 1.